The highest BCUT2D eigenvalue weighted by molar-refractivity contribution is 6.32. The van der Waals surface area contributed by atoms with Crippen LogP contribution in [0.2, 0.25) is 5.02 Å². The summed E-state index contributed by atoms with van der Waals surface area (Å²) in [6, 6.07) is 9.84. The third-order valence-electron chi connectivity index (χ3n) is 3.28. The highest BCUT2D eigenvalue weighted by atomic mass is 35.5. The van der Waals surface area contributed by atoms with Gasteiger partial charge in [0, 0.05) is 25.0 Å². The molecular weight excluding hydrogens is 246 g/mol. The highest BCUT2D eigenvalue weighted by Gasteiger charge is 2.19. The van der Waals surface area contributed by atoms with Crippen LogP contribution in [-0.4, -0.2) is 11.5 Å². The largest absolute Gasteiger partial charge is 0.399 e. The van der Waals surface area contributed by atoms with Crippen molar-refractivity contribution in [2.24, 2.45) is 0 Å². The molecular formula is C14H14ClN3. The van der Waals surface area contributed by atoms with Gasteiger partial charge in [0.2, 0.25) is 0 Å². The number of hydrogen-bond acceptors (Lipinski definition) is 3. The van der Waals surface area contributed by atoms with E-state index in [0.29, 0.717) is 5.02 Å². The first-order valence-electron chi connectivity index (χ1n) is 5.97. The van der Waals surface area contributed by atoms with Crippen LogP contribution in [0.5, 0.6) is 0 Å². The monoisotopic (exact) mass is 259 g/mol. The van der Waals surface area contributed by atoms with Crippen LogP contribution in [-0.2, 0) is 13.0 Å². The zero-order chi connectivity index (χ0) is 12.5. The zero-order valence-corrected chi connectivity index (χ0v) is 10.7. The first-order chi connectivity index (χ1) is 8.74. The fourth-order valence-corrected chi connectivity index (χ4v) is 2.61. The van der Waals surface area contributed by atoms with Gasteiger partial charge in [-0.3, -0.25) is 0 Å². The third-order valence-corrected chi connectivity index (χ3v) is 3.58. The van der Waals surface area contributed by atoms with E-state index in [4.69, 9.17) is 17.3 Å². The Morgan fingerprint density at radius 1 is 1.22 bits per heavy atom. The second-order valence-electron chi connectivity index (χ2n) is 4.51. The van der Waals surface area contributed by atoms with E-state index in [2.05, 4.69) is 16.0 Å². The van der Waals surface area contributed by atoms with E-state index < -0.39 is 0 Å². The number of benzene rings is 1. The van der Waals surface area contributed by atoms with Gasteiger partial charge in [-0.05, 0) is 41.8 Å². The van der Waals surface area contributed by atoms with E-state index in [9.17, 15) is 0 Å². The van der Waals surface area contributed by atoms with Gasteiger partial charge in [0.25, 0.3) is 0 Å². The Kier molecular flexibility index (Phi) is 2.84. The molecule has 1 aromatic heterocycles. The maximum Gasteiger partial charge on any atom is 0.147 e. The van der Waals surface area contributed by atoms with Gasteiger partial charge in [0.15, 0.2) is 0 Å². The van der Waals surface area contributed by atoms with Gasteiger partial charge in [-0.25, -0.2) is 4.98 Å². The highest BCUT2D eigenvalue weighted by Crippen LogP contribution is 2.28. The number of anilines is 2. The number of halogens is 1. The number of nitrogens with zero attached hydrogens (tertiary/aromatic N) is 2. The van der Waals surface area contributed by atoms with Crippen molar-refractivity contribution in [1.82, 2.24) is 4.98 Å². The van der Waals surface area contributed by atoms with Crippen molar-refractivity contribution in [2.75, 3.05) is 17.2 Å². The molecule has 3 rings (SSSR count). The van der Waals surface area contributed by atoms with Crippen molar-refractivity contribution in [3.63, 3.8) is 0 Å². The lowest BCUT2D eigenvalue weighted by Gasteiger charge is -2.30. The molecule has 0 fully saturated rings. The Morgan fingerprint density at radius 2 is 2.11 bits per heavy atom. The van der Waals surface area contributed by atoms with E-state index in [-0.39, 0.29) is 0 Å². The minimum atomic E-state index is 0.699. The van der Waals surface area contributed by atoms with Gasteiger partial charge >= 0.3 is 0 Å². The molecule has 18 heavy (non-hydrogen) atoms. The smallest absolute Gasteiger partial charge is 0.147 e. The van der Waals surface area contributed by atoms with Gasteiger partial charge in [-0.2, -0.15) is 0 Å². The van der Waals surface area contributed by atoms with E-state index in [1.807, 2.05) is 24.3 Å². The number of fused-ring (bicyclic) bond motifs is 1. The first-order valence-corrected chi connectivity index (χ1v) is 6.34. The summed E-state index contributed by atoms with van der Waals surface area (Å²) in [6.07, 6.45) is 2.78. The summed E-state index contributed by atoms with van der Waals surface area (Å²) < 4.78 is 0. The summed E-state index contributed by atoms with van der Waals surface area (Å²) >= 11 is 6.19. The fourth-order valence-electron chi connectivity index (χ4n) is 2.37. The lowest BCUT2D eigenvalue weighted by molar-refractivity contribution is 0.721. The van der Waals surface area contributed by atoms with E-state index in [1.54, 1.807) is 6.20 Å². The quantitative estimate of drug-likeness (QED) is 0.801. The molecule has 0 aliphatic carbocycles. The standard InChI is InChI=1S/C14H14ClN3/c15-13-2-1-6-17-14(13)18-7-5-10-3-4-12(16)8-11(10)9-18/h1-4,6,8H,5,7,9,16H2. The number of aromatic nitrogens is 1. The molecule has 0 bridgehead atoms. The molecule has 92 valence electrons. The Balaban J connectivity index is 1.93. The molecule has 1 aliphatic rings. The Morgan fingerprint density at radius 3 is 2.94 bits per heavy atom. The van der Waals surface area contributed by atoms with Gasteiger partial charge < -0.3 is 10.6 Å². The average molecular weight is 260 g/mol. The van der Waals surface area contributed by atoms with Crippen molar-refractivity contribution in [3.8, 4) is 0 Å². The fraction of sp³-hybridized carbons (Fsp3) is 0.214. The molecule has 0 unspecified atom stereocenters. The van der Waals surface area contributed by atoms with Crippen LogP contribution < -0.4 is 10.6 Å². The molecule has 1 aromatic carbocycles. The summed E-state index contributed by atoms with van der Waals surface area (Å²) in [7, 11) is 0. The lowest BCUT2D eigenvalue weighted by atomic mass is 9.99. The second-order valence-corrected chi connectivity index (χ2v) is 4.92. The van der Waals surface area contributed by atoms with Gasteiger partial charge in [-0.1, -0.05) is 17.7 Å². The number of hydrogen-bond donors (Lipinski definition) is 1. The molecule has 2 N–H and O–H groups in total. The molecule has 0 spiro atoms. The number of nitrogens with two attached hydrogens (primary N) is 1. The zero-order valence-electron chi connectivity index (χ0n) is 9.94. The van der Waals surface area contributed by atoms with Crippen LogP contribution in [0.25, 0.3) is 0 Å². The molecule has 3 nitrogen and oxygen atoms in total. The number of nitrogen functional groups attached to an aromatic ring is 1. The van der Waals surface area contributed by atoms with Crippen LogP contribution in [0.3, 0.4) is 0 Å². The van der Waals surface area contributed by atoms with Gasteiger partial charge in [0.05, 0.1) is 5.02 Å². The van der Waals surface area contributed by atoms with Crippen molar-refractivity contribution in [3.05, 3.63) is 52.7 Å². The van der Waals surface area contributed by atoms with Crippen molar-refractivity contribution in [1.29, 1.82) is 0 Å². The predicted octanol–water partition coefficient (Wildman–Crippen LogP) is 2.88. The molecule has 2 aromatic rings. The molecule has 0 saturated carbocycles. The summed E-state index contributed by atoms with van der Waals surface area (Å²) in [4.78, 5) is 6.56. The maximum atomic E-state index is 6.19. The summed E-state index contributed by atoms with van der Waals surface area (Å²) in [5.74, 6) is 0.854. The minimum Gasteiger partial charge on any atom is -0.399 e. The topological polar surface area (TPSA) is 42.1 Å². The van der Waals surface area contributed by atoms with Crippen LogP contribution in [0.1, 0.15) is 11.1 Å². The summed E-state index contributed by atoms with van der Waals surface area (Å²) in [5.41, 5.74) is 9.28. The third kappa shape index (κ3) is 2.02. The minimum absolute atomic E-state index is 0.699. The molecule has 1 aliphatic heterocycles. The summed E-state index contributed by atoms with van der Waals surface area (Å²) in [6.45, 7) is 1.75. The first kappa shape index (κ1) is 11.4. The second kappa shape index (κ2) is 4.50. The lowest BCUT2D eigenvalue weighted by Crippen LogP contribution is -2.31. The maximum absolute atomic E-state index is 6.19. The van der Waals surface area contributed by atoms with E-state index in [0.717, 1.165) is 31.0 Å². The molecule has 0 atom stereocenters. The van der Waals surface area contributed by atoms with Crippen molar-refractivity contribution in [2.45, 2.75) is 13.0 Å². The Labute approximate surface area is 111 Å². The van der Waals surface area contributed by atoms with Gasteiger partial charge in [0.1, 0.15) is 5.82 Å². The van der Waals surface area contributed by atoms with Crippen LogP contribution in [0, 0.1) is 0 Å². The SMILES string of the molecule is Nc1ccc2c(c1)CN(c1ncccc1Cl)CC2. The normalized spacial score (nSPS) is 14.4. The van der Waals surface area contributed by atoms with Gasteiger partial charge in [-0.15, -0.1) is 0 Å². The van der Waals surface area contributed by atoms with E-state index >= 15 is 0 Å². The Bertz CT molecular complexity index is 583. The molecule has 0 radical (unpaired) electrons. The number of pyridine rings is 1. The van der Waals surface area contributed by atoms with Crippen molar-refractivity contribution < 1.29 is 0 Å². The average Bonchev–Trinajstić information content (AvgIpc) is 2.38. The van der Waals surface area contributed by atoms with E-state index in [1.165, 1.54) is 11.1 Å². The predicted molar refractivity (Wildman–Crippen MR) is 74.9 cm³/mol. The molecule has 0 amide bonds. The van der Waals surface area contributed by atoms with Crippen LogP contribution in [0.15, 0.2) is 36.5 Å². The molecule has 2 heterocycles. The molecule has 0 saturated heterocycles. The van der Waals surface area contributed by atoms with Crippen LogP contribution in [0.4, 0.5) is 11.5 Å². The van der Waals surface area contributed by atoms with Crippen molar-refractivity contribution >= 4 is 23.1 Å². The summed E-state index contributed by atoms with van der Waals surface area (Å²) in [5, 5.41) is 0.699. The number of rotatable bonds is 1. The molecule has 4 heteroatoms. The Hall–Kier alpha value is -1.74. The van der Waals surface area contributed by atoms with Crippen LogP contribution >= 0.6 is 11.6 Å².